The van der Waals surface area contributed by atoms with Gasteiger partial charge in [-0.05, 0) is 31.2 Å². The minimum atomic E-state index is -0.0613. The summed E-state index contributed by atoms with van der Waals surface area (Å²) < 4.78 is 5.36. The maximum atomic E-state index is 11.9. The third kappa shape index (κ3) is 3.79. The first kappa shape index (κ1) is 14.0. The van der Waals surface area contributed by atoms with Gasteiger partial charge in [0, 0.05) is 10.6 Å². The standard InChI is InChI=1S/C12H12ClN3O2S/c1-7(14)11-15-16-12(18-11)19-6-10(17)8-2-4-9(13)5-3-8/h2-5,7H,6,14H2,1H3/p+1/t7-/m0/s1. The van der Waals surface area contributed by atoms with Crippen molar-refractivity contribution in [3.63, 3.8) is 0 Å². The molecule has 7 heteroatoms. The molecule has 0 saturated heterocycles. The zero-order valence-corrected chi connectivity index (χ0v) is 11.9. The van der Waals surface area contributed by atoms with Crippen molar-refractivity contribution in [2.75, 3.05) is 5.75 Å². The van der Waals surface area contributed by atoms with Crippen LogP contribution in [0.1, 0.15) is 29.2 Å². The average Bonchev–Trinajstić information content (AvgIpc) is 2.86. The molecule has 2 aromatic rings. The van der Waals surface area contributed by atoms with Crippen molar-refractivity contribution in [1.29, 1.82) is 0 Å². The molecule has 3 N–H and O–H groups in total. The number of Topliss-reactive ketones (excluding diaryl/α,β-unsaturated/α-hetero) is 1. The Labute approximate surface area is 119 Å². The Morgan fingerprint density at radius 1 is 1.42 bits per heavy atom. The Morgan fingerprint density at radius 2 is 2.11 bits per heavy atom. The Balaban J connectivity index is 1.94. The second kappa shape index (κ2) is 6.18. The number of benzene rings is 1. The van der Waals surface area contributed by atoms with Gasteiger partial charge in [0.2, 0.25) is 0 Å². The molecule has 0 spiro atoms. The van der Waals surface area contributed by atoms with E-state index in [1.54, 1.807) is 24.3 Å². The summed E-state index contributed by atoms with van der Waals surface area (Å²) in [7, 11) is 0. The Hall–Kier alpha value is -1.37. The van der Waals surface area contributed by atoms with Crippen molar-refractivity contribution in [1.82, 2.24) is 10.2 Å². The molecule has 1 aromatic heterocycles. The van der Waals surface area contributed by atoms with Crippen molar-refractivity contribution < 1.29 is 14.9 Å². The zero-order valence-electron chi connectivity index (χ0n) is 10.3. The molecule has 2 rings (SSSR count). The molecule has 0 aliphatic carbocycles. The van der Waals surface area contributed by atoms with Crippen LogP contribution >= 0.6 is 23.4 Å². The molecule has 5 nitrogen and oxygen atoms in total. The van der Waals surface area contributed by atoms with Crippen LogP contribution in [-0.4, -0.2) is 21.7 Å². The van der Waals surface area contributed by atoms with Gasteiger partial charge >= 0.3 is 0 Å². The van der Waals surface area contributed by atoms with Gasteiger partial charge in [-0.3, -0.25) is 4.79 Å². The van der Waals surface area contributed by atoms with E-state index in [1.807, 2.05) is 6.92 Å². The van der Waals surface area contributed by atoms with E-state index in [-0.39, 0.29) is 17.6 Å². The van der Waals surface area contributed by atoms with Crippen molar-refractivity contribution in [2.45, 2.75) is 18.2 Å². The topological polar surface area (TPSA) is 83.6 Å². The highest BCUT2D eigenvalue weighted by Gasteiger charge is 2.14. The summed E-state index contributed by atoms with van der Waals surface area (Å²) in [5.41, 5.74) is 4.40. The summed E-state index contributed by atoms with van der Waals surface area (Å²) in [5.74, 6) is 0.708. The molecule has 1 atom stereocenters. The molecular formula is C12H13ClN3O2S+. The normalized spacial score (nSPS) is 12.4. The molecule has 0 fully saturated rings. The summed E-state index contributed by atoms with van der Waals surface area (Å²) in [4.78, 5) is 11.9. The minimum Gasteiger partial charge on any atom is -0.410 e. The van der Waals surface area contributed by atoms with Crippen molar-refractivity contribution in [3.8, 4) is 0 Å². The number of quaternary nitrogens is 1. The fourth-order valence-electron chi connectivity index (χ4n) is 1.32. The van der Waals surface area contributed by atoms with E-state index in [9.17, 15) is 4.79 Å². The predicted molar refractivity (Wildman–Crippen MR) is 72.1 cm³/mol. The van der Waals surface area contributed by atoms with Crippen LogP contribution in [0.5, 0.6) is 0 Å². The molecule has 0 saturated carbocycles. The number of nitrogens with zero attached hydrogens (tertiary/aromatic N) is 2. The van der Waals surface area contributed by atoms with E-state index in [0.717, 1.165) is 0 Å². The first-order valence-corrected chi connectivity index (χ1v) is 7.00. The number of aromatic nitrogens is 2. The maximum Gasteiger partial charge on any atom is 0.277 e. The minimum absolute atomic E-state index is 0.0101. The number of carbonyl (C=O) groups excluding carboxylic acids is 1. The monoisotopic (exact) mass is 298 g/mol. The predicted octanol–water partition coefficient (Wildman–Crippen LogP) is 2.00. The highest BCUT2D eigenvalue weighted by molar-refractivity contribution is 7.99. The fourth-order valence-corrected chi connectivity index (χ4v) is 2.11. The smallest absolute Gasteiger partial charge is 0.277 e. The zero-order chi connectivity index (χ0) is 13.8. The van der Waals surface area contributed by atoms with Gasteiger partial charge in [-0.2, -0.15) is 0 Å². The van der Waals surface area contributed by atoms with Crippen LogP contribution in [0.15, 0.2) is 33.9 Å². The van der Waals surface area contributed by atoms with Gasteiger partial charge in [-0.15, -0.1) is 10.2 Å². The number of hydrogen-bond acceptors (Lipinski definition) is 5. The molecule has 0 radical (unpaired) electrons. The van der Waals surface area contributed by atoms with Crippen LogP contribution in [0.3, 0.4) is 0 Å². The van der Waals surface area contributed by atoms with E-state index >= 15 is 0 Å². The lowest BCUT2D eigenvalue weighted by atomic mass is 10.1. The van der Waals surface area contributed by atoms with Gasteiger partial charge in [0.25, 0.3) is 11.1 Å². The summed E-state index contributed by atoms with van der Waals surface area (Å²) in [6, 6.07) is 6.71. The Kier molecular flexibility index (Phi) is 4.57. The number of thioether (sulfide) groups is 1. The molecule has 1 aromatic carbocycles. The SMILES string of the molecule is C[C@H]([NH3+])c1nnc(SCC(=O)c2ccc(Cl)cc2)o1. The highest BCUT2D eigenvalue weighted by atomic mass is 35.5. The van der Waals surface area contributed by atoms with E-state index in [2.05, 4.69) is 15.9 Å². The molecule has 0 aliphatic rings. The van der Waals surface area contributed by atoms with Crippen molar-refractivity contribution >= 4 is 29.1 Å². The van der Waals surface area contributed by atoms with Crippen LogP contribution < -0.4 is 5.73 Å². The lowest BCUT2D eigenvalue weighted by molar-refractivity contribution is -0.425. The molecular weight excluding hydrogens is 286 g/mol. The van der Waals surface area contributed by atoms with Crippen molar-refractivity contribution in [3.05, 3.63) is 40.7 Å². The lowest BCUT2D eigenvalue weighted by Gasteiger charge is -1.99. The third-order valence-corrected chi connectivity index (χ3v) is 3.41. The van der Waals surface area contributed by atoms with Crippen LogP contribution in [0.2, 0.25) is 5.02 Å². The Bertz CT molecular complexity index is 569. The first-order chi connectivity index (χ1) is 9.06. The number of halogens is 1. The van der Waals surface area contributed by atoms with E-state index in [0.29, 0.717) is 21.7 Å². The number of carbonyl (C=O) groups is 1. The van der Waals surface area contributed by atoms with Crippen LogP contribution in [0.25, 0.3) is 0 Å². The first-order valence-electron chi connectivity index (χ1n) is 5.64. The van der Waals surface area contributed by atoms with E-state index in [4.69, 9.17) is 16.0 Å². The molecule has 0 bridgehead atoms. The van der Waals surface area contributed by atoms with E-state index < -0.39 is 0 Å². The quantitative estimate of drug-likeness (QED) is 0.674. The molecule has 0 amide bonds. The second-order valence-corrected chi connectivity index (χ2v) is 5.39. The second-order valence-electron chi connectivity index (χ2n) is 4.03. The molecule has 100 valence electrons. The summed E-state index contributed by atoms with van der Waals surface area (Å²) in [6.45, 7) is 1.86. The van der Waals surface area contributed by atoms with Gasteiger partial charge in [-0.1, -0.05) is 23.4 Å². The van der Waals surface area contributed by atoms with Crippen LogP contribution in [0, 0.1) is 0 Å². The van der Waals surface area contributed by atoms with Crippen LogP contribution in [0.4, 0.5) is 0 Å². The maximum absolute atomic E-state index is 11.9. The largest absolute Gasteiger partial charge is 0.410 e. The molecule has 0 aliphatic heterocycles. The van der Waals surface area contributed by atoms with Gasteiger partial charge in [0.15, 0.2) is 11.8 Å². The molecule has 1 heterocycles. The summed E-state index contributed by atoms with van der Waals surface area (Å²) in [6.07, 6.45) is 0. The summed E-state index contributed by atoms with van der Waals surface area (Å²) >= 11 is 6.98. The number of rotatable bonds is 5. The van der Waals surface area contributed by atoms with E-state index in [1.165, 1.54) is 11.8 Å². The van der Waals surface area contributed by atoms with Crippen LogP contribution in [-0.2, 0) is 0 Å². The average molecular weight is 299 g/mol. The summed E-state index contributed by atoms with van der Waals surface area (Å²) in [5, 5.41) is 8.69. The van der Waals surface area contributed by atoms with Gasteiger partial charge in [-0.25, -0.2) is 0 Å². The lowest BCUT2D eigenvalue weighted by Crippen LogP contribution is -2.51. The fraction of sp³-hybridized carbons (Fsp3) is 0.250. The molecule has 19 heavy (non-hydrogen) atoms. The van der Waals surface area contributed by atoms with Gasteiger partial charge in [0.1, 0.15) is 0 Å². The van der Waals surface area contributed by atoms with Gasteiger partial charge in [0.05, 0.1) is 5.75 Å². The Morgan fingerprint density at radius 3 is 2.68 bits per heavy atom. The van der Waals surface area contributed by atoms with Crippen molar-refractivity contribution in [2.24, 2.45) is 0 Å². The van der Waals surface area contributed by atoms with Gasteiger partial charge < -0.3 is 10.2 Å². The third-order valence-electron chi connectivity index (χ3n) is 2.34. The highest BCUT2D eigenvalue weighted by Crippen LogP contribution is 2.19. The number of hydrogen-bond donors (Lipinski definition) is 1. The number of ketones is 1. The molecule has 0 unspecified atom stereocenters.